The second-order valence-corrected chi connectivity index (χ2v) is 7.74. The van der Waals surface area contributed by atoms with Crippen LogP contribution in [0.1, 0.15) is 18.9 Å². The molecule has 0 N–H and O–H groups in total. The van der Waals surface area contributed by atoms with E-state index in [1.807, 2.05) is 15.8 Å². The Kier molecular flexibility index (Phi) is 3.70. The fraction of sp³-hybridized carbons (Fsp3) is 0.556. The number of rotatable bonds is 5. The summed E-state index contributed by atoms with van der Waals surface area (Å²) in [6.07, 6.45) is 9.59. The van der Waals surface area contributed by atoms with Crippen molar-refractivity contribution >= 4 is 17.5 Å². The van der Waals surface area contributed by atoms with Crippen LogP contribution in [0, 0.1) is 5.92 Å². The lowest BCUT2D eigenvalue weighted by atomic mass is 10.1. The number of hydrogen-bond acceptors (Lipinski definition) is 5. The lowest BCUT2D eigenvalue weighted by molar-refractivity contribution is 0.229. The second-order valence-electron chi connectivity index (χ2n) is 7.74. The molecule has 2 aliphatic heterocycles. The molecule has 27 heavy (non-hydrogen) atoms. The zero-order valence-electron chi connectivity index (χ0n) is 15.4. The van der Waals surface area contributed by atoms with E-state index >= 15 is 0 Å². The summed E-state index contributed by atoms with van der Waals surface area (Å²) in [4.78, 5) is 34.5. The summed E-state index contributed by atoms with van der Waals surface area (Å²) in [5.41, 5.74) is 0.821. The quantitative estimate of drug-likeness (QED) is 0.778. The van der Waals surface area contributed by atoms with Crippen LogP contribution in [0.3, 0.4) is 0 Å². The zero-order valence-corrected chi connectivity index (χ0v) is 15.4. The topological polar surface area (TPSA) is 79.5 Å². The Hall–Kier alpha value is -2.84. The van der Waals surface area contributed by atoms with E-state index in [-0.39, 0.29) is 17.6 Å². The number of likely N-dealkylation sites (N-methyl/N-ethyl adjacent to an activating group) is 1. The first-order valence-electron chi connectivity index (χ1n) is 9.47. The highest BCUT2D eigenvalue weighted by molar-refractivity contribution is 5.93. The van der Waals surface area contributed by atoms with Crippen LogP contribution in [-0.4, -0.2) is 63.5 Å². The lowest BCUT2D eigenvalue weighted by Crippen LogP contribution is -2.50. The molecular weight excluding hydrogens is 346 g/mol. The highest BCUT2D eigenvalue weighted by atomic mass is 16.2. The van der Waals surface area contributed by atoms with Crippen LogP contribution in [0.4, 0.5) is 16.3 Å². The number of anilines is 2. The van der Waals surface area contributed by atoms with Crippen LogP contribution < -0.4 is 15.4 Å². The van der Waals surface area contributed by atoms with Gasteiger partial charge in [0.1, 0.15) is 0 Å². The highest BCUT2D eigenvalue weighted by Crippen LogP contribution is 2.30. The second kappa shape index (κ2) is 6.11. The number of urea groups is 1. The van der Waals surface area contributed by atoms with Crippen molar-refractivity contribution in [3.63, 3.8) is 0 Å². The van der Waals surface area contributed by atoms with Crippen molar-refractivity contribution in [3.8, 4) is 0 Å². The molecule has 0 atom stereocenters. The van der Waals surface area contributed by atoms with Crippen LogP contribution in [0.2, 0.25) is 0 Å². The Morgan fingerprint density at radius 2 is 2.00 bits per heavy atom. The van der Waals surface area contributed by atoms with Crippen LogP contribution in [0.25, 0.3) is 0 Å². The predicted octanol–water partition coefficient (Wildman–Crippen LogP) is 0.783. The molecular formula is C18H23N7O2. The van der Waals surface area contributed by atoms with E-state index in [9.17, 15) is 9.59 Å². The van der Waals surface area contributed by atoms with Gasteiger partial charge in [-0.1, -0.05) is 0 Å². The van der Waals surface area contributed by atoms with Gasteiger partial charge in [0.05, 0.1) is 17.9 Å². The zero-order chi connectivity index (χ0) is 18.5. The first-order valence-corrected chi connectivity index (χ1v) is 9.47. The molecule has 1 saturated carbocycles. The van der Waals surface area contributed by atoms with Gasteiger partial charge in [0.15, 0.2) is 5.82 Å². The summed E-state index contributed by atoms with van der Waals surface area (Å²) >= 11 is 0. The van der Waals surface area contributed by atoms with Crippen molar-refractivity contribution in [3.05, 3.63) is 35.1 Å². The number of carbonyl (C=O) groups excluding carboxylic acids is 1. The van der Waals surface area contributed by atoms with Gasteiger partial charge in [-0.15, -0.1) is 0 Å². The summed E-state index contributed by atoms with van der Waals surface area (Å²) < 4.78 is 3.68. The number of hydrogen-bond donors (Lipinski definition) is 0. The van der Waals surface area contributed by atoms with E-state index in [2.05, 4.69) is 10.1 Å². The molecule has 0 spiro atoms. The molecule has 0 bridgehead atoms. The molecule has 1 aliphatic carbocycles. The van der Waals surface area contributed by atoms with Crippen molar-refractivity contribution in [2.45, 2.75) is 25.4 Å². The molecule has 3 aliphatic rings. The van der Waals surface area contributed by atoms with Gasteiger partial charge in [0.2, 0.25) is 0 Å². The van der Waals surface area contributed by atoms with Crippen LogP contribution >= 0.6 is 0 Å². The normalized spacial score (nSPS) is 20.5. The van der Waals surface area contributed by atoms with Gasteiger partial charge in [0.25, 0.3) is 5.56 Å². The Balaban J connectivity index is 1.26. The van der Waals surface area contributed by atoms with E-state index in [0.29, 0.717) is 31.4 Å². The van der Waals surface area contributed by atoms with E-state index in [1.165, 1.54) is 12.8 Å². The molecule has 9 nitrogen and oxygen atoms in total. The monoisotopic (exact) mass is 369 g/mol. The van der Waals surface area contributed by atoms with Gasteiger partial charge in [-0.2, -0.15) is 5.10 Å². The molecule has 9 heteroatoms. The molecule has 142 valence electrons. The molecule has 2 aromatic rings. The molecule has 4 heterocycles. The van der Waals surface area contributed by atoms with Gasteiger partial charge in [-0.25, -0.2) is 9.78 Å². The molecule has 3 fully saturated rings. The largest absolute Gasteiger partial charge is 0.348 e. The van der Waals surface area contributed by atoms with E-state index < -0.39 is 0 Å². The van der Waals surface area contributed by atoms with Gasteiger partial charge >= 0.3 is 6.03 Å². The van der Waals surface area contributed by atoms with Gasteiger partial charge in [0, 0.05) is 58.4 Å². The Bertz CT molecular complexity index is 926. The lowest BCUT2D eigenvalue weighted by Gasteiger charge is -2.39. The van der Waals surface area contributed by atoms with Crippen molar-refractivity contribution in [2.75, 3.05) is 43.0 Å². The third-order valence-corrected chi connectivity index (χ3v) is 5.70. The van der Waals surface area contributed by atoms with Crippen LogP contribution in [-0.2, 0) is 6.54 Å². The molecule has 0 unspecified atom stereocenters. The summed E-state index contributed by atoms with van der Waals surface area (Å²) in [5.74, 6) is 1.18. The number of nitrogens with zero attached hydrogens (tertiary/aromatic N) is 7. The van der Waals surface area contributed by atoms with Crippen molar-refractivity contribution in [1.29, 1.82) is 0 Å². The highest BCUT2D eigenvalue weighted by Gasteiger charge is 2.34. The molecule has 5 rings (SSSR count). The first-order chi connectivity index (χ1) is 13.1. The Morgan fingerprint density at radius 3 is 2.70 bits per heavy atom. The standard InChI is InChI=1S/C18H23N7O2/c1-21-6-7-24(18(21)27)14-8-20-25(12-14)15-10-23(11-15)16-17(26)22(5-4-19-16)9-13-2-3-13/h4-5,8,12-13,15H,2-3,6-7,9-11H2,1H3. The van der Waals surface area contributed by atoms with Gasteiger partial charge in [-0.05, 0) is 18.8 Å². The molecule has 2 aromatic heterocycles. The van der Waals surface area contributed by atoms with Crippen molar-refractivity contribution < 1.29 is 4.79 Å². The van der Waals surface area contributed by atoms with Crippen LogP contribution in [0.15, 0.2) is 29.6 Å². The minimum Gasteiger partial charge on any atom is -0.348 e. The summed E-state index contributed by atoms with van der Waals surface area (Å²) in [7, 11) is 1.80. The summed E-state index contributed by atoms with van der Waals surface area (Å²) in [6, 6.07) is 0.196. The minimum absolute atomic E-state index is 0.00490. The number of amides is 2. The van der Waals surface area contributed by atoms with Gasteiger partial charge < -0.3 is 14.4 Å². The molecule has 0 aromatic carbocycles. The predicted molar refractivity (Wildman–Crippen MR) is 100 cm³/mol. The molecule has 2 amide bonds. The number of carbonyl (C=O) groups is 1. The SMILES string of the molecule is CN1CCN(c2cnn(C3CN(c4nccn(CC5CC5)c4=O)C3)c2)C1=O. The van der Waals surface area contributed by atoms with Gasteiger partial charge in [-0.3, -0.25) is 14.4 Å². The number of aromatic nitrogens is 4. The third-order valence-electron chi connectivity index (χ3n) is 5.70. The fourth-order valence-corrected chi connectivity index (χ4v) is 3.72. The Labute approximate surface area is 156 Å². The maximum atomic E-state index is 12.6. The van der Waals surface area contributed by atoms with E-state index in [4.69, 9.17) is 0 Å². The average Bonchev–Trinajstić information content (AvgIpc) is 3.21. The maximum absolute atomic E-state index is 12.6. The first kappa shape index (κ1) is 16.3. The summed E-state index contributed by atoms with van der Waals surface area (Å²) in [5, 5.41) is 4.43. The molecule has 2 saturated heterocycles. The van der Waals surface area contributed by atoms with Crippen LogP contribution in [0.5, 0.6) is 0 Å². The smallest absolute Gasteiger partial charge is 0.324 e. The molecule has 0 radical (unpaired) electrons. The van der Waals surface area contributed by atoms with Crippen molar-refractivity contribution in [1.82, 2.24) is 24.2 Å². The maximum Gasteiger partial charge on any atom is 0.324 e. The van der Waals surface area contributed by atoms with E-state index in [1.54, 1.807) is 40.0 Å². The fourth-order valence-electron chi connectivity index (χ4n) is 3.72. The third kappa shape index (κ3) is 2.87. The minimum atomic E-state index is -0.00490. The Morgan fingerprint density at radius 1 is 1.19 bits per heavy atom. The van der Waals surface area contributed by atoms with Crippen molar-refractivity contribution in [2.24, 2.45) is 5.92 Å². The van der Waals surface area contributed by atoms with E-state index in [0.717, 1.165) is 18.8 Å². The summed E-state index contributed by atoms with van der Waals surface area (Å²) in [6.45, 7) is 3.61. The average molecular weight is 369 g/mol.